The predicted molar refractivity (Wildman–Crippen MR) is 130 cm³/mol. The predicted octanol–water partition coefficient (Wildman–Crippen LogP) is 2.66. The fraction of sp³-hybridized carbons (Fsp3) is 0.500. The molecule has 2 aromatic rings. The normalized spacial score (nSPS) is 26.0. The van der Waals surface area contributed by atoms with Crippen LogP contribution in [0.1, 0.15) is 36.1 Å². The summed E-state index contributed by atoms with van der Waals surface area (Å²) >= 11 is 6.50. The third kappa shape index (κ3) is 5.90. The van der Waals surface area contributed by atoms with Crippen LogP contribution < -0.4 is 4.74 Å². The molecular formula is C26H33ClN2O5. The first-order chi connectivity index (χ1) is 16.3. The first-order valence-electron chi connectivity index (χ1n) is 11.8. The number of hydrogen-bond donors (Lipinski definition) is 2. The van der Waals surface area contributed by atoms with Crippen molar-refractivity contribution in [1.82, 2.24) is 9.80 Å². The standard InChI is InChI=1S/C26H33ClN2O5/c1-3-33-20-7-4-17(5-8-20)12-19-13-18(6-9-21(19)27)23-14-22(30)26(32)24(34-23)15-29-11-10-28(2)25(31)16-29/h4-9,13,22-24,26,30,32H,3,10-12,14-16H2,1-2H3/t22-,23-,24-,26+/m1/s1. The summed E-state index contributed by atoms with van der Waals surface area (Å²) in [5, 5.41) is 21.8. The molecule has 0 aromatic heterocycles. The van der Waals surface area contributed by atoms with Crippen LogP contribution >= 0.6 is 11.6 Å². The van der Waals surface area contributed by atoms with Crippen LogP contribution in [0, 0.1) is 0 Å². The van der Waals surface area contributed by atoms with Gasteiger partial charge in [0.2, 0.25) is 5.91 Å². The lowest BCUT2D eigenvalue weighted by Gasteiger charge is -2.41. The fourth-order valence-electron chi connectivity index (χ4n) is 4.56. The van der Waals surface area contributed by atoms with Gasteiger partial charge < -0.3 is 24.6 Å². The van der Waals surface area contributed by atoms with Crippen molar-refractivity contribution in [2.45, 2.75) is 44.2 Å². The third-order valence-corrected chi connectivity index (χ3v) is 6.98. The van der Waals surface area contributed by atoms with Crippen LogP contribution in [0.4, 0.5) is 0 Å². The molecule has 2 N–H and O–H groups in total. The van der Waals surface area contributed by atoms with Crippen LogP contribution in [0.2, 0.25) is 5.02 Å². The van der Waals surface area contributed by atoms with E-state index in [0.717, 1.165) is 22.4 Å². The Balaban J connectivity index is 1.46. The van der Waals surface area contributed by atoms with Crippen molar-refractivity contribution in [3.05, 3.63) is 64.2 Å². The Labute approximate surface area is 205 Å². The summed E-state index contributed by atoms with van der Waals surface area (Å²) < 4.78 is 11.8. The Hall–Kier alpha value is -2.16. The van der Waals surface area contributed by atoms with Gasteiger partial charge in [0.15, 0.2) is 0 Å². The molecule has 0 radical (unpaired) electrons. The minimum Gasteiger partial charge on any atom is -0.494 e. The summed E-state index contributed by atoms with van der Waals surface area (Å²) in [6, 6.07) is 13.7. The molecule has 34 heavy (non-hydrogen) atoms. The van der Waals surface area contributed by atoms with E-state index in [9.17, 15) is 15.0 Å². The Morgan fingerprint density at radius 3 is 2.62 bits per heavy atom. The minimum atomic E-state index is -0.998. The molecule has 8 heteroatoms. The average molecular weight is 489 g/mol. The van der Waals surface area contributed by atoms with E-state index in [1.165, 1.54) is 0 Å². The monoisotopic (exact) mass is 488 g/mol. The minimum absolute atomic E-state index is 0.0466. The summed E-state index contributed by atoms with van der Waals surface area (Å²) in [4.78, 5) is 15.7. The van der Waals surface area contributed by atoms with E-state index < -0.39 is 18.3 Å². The number of hydrogen-bond acceptors (Lipinski definition) is 6. The summed E-state index contributed by atoms with van der Waals surface area (Å²) in [7, 11) is 1.79. The van der Waals surface area contributed by atoms with Crippen molar-refractivity contribution < 1.29 is 24.5 Å². The highest BCUT2D eigenvalue weighted by Crippen LogP contribution is 2.34. The van der Waals surface area contributed by atoms with Crippen LogP contribution in [0.5, 0.6) is 5.75 Å². The number of likely N-dealkylation sites (N-methyl/N-ethyl adjacent to an activating group) is 1. The highest BCUT2D eigenvalue weighted by atomic mass is 35.5. The molecule has 4 atom stereocenters. The van der Waals surface area contributed by atoms with Crippen LogP contribution in [0.25, 0.3) is 0 Å². The van der Waals surface area contributed by atoms with Gasteiger partial charge in [0, 0.05) is 38.1 Å². The number of carbonyl (C=O) groups is 1. The lowest BCUT2D eigenvalue weighted by molar-refractivity contribution is -0.178. The summed E-state index contributed by atoms with van der Waals surface area (Å²) in [6.07, 6.45) is -1.91. The SMILES string of the molecule is CCOc1ccc(Cc2cc([C@H]3C[C@@H](O)[C@H](O)[C@@H](CN4CCN(C)C(=O)C4)O3)ccc2Cl)cc1. The van der Waals surface area contributed by atoms with E-state index in [-0.39, 0.29) is 18.6 Å². The van der Waals surface area contributed by atoms with E-state index in [4.69, 9.17) is 21.1 Å². The Kier molecular flexibility index (Phi) is 8.11. The van der Waals surface area contributed by atoms with Crippen molar-refractivity contribution >= 4 is 17.5 Å². The van der Waals surface area contributed by atoms with Crippen molar-refractivity contribution in [2.24, 2.45) is 0 Å². The van der Waals surface area contributed by atoms with Gasteiger partial charge in [-0.25, -0.2) is 0 Å². The zero-order valence-corrected chi connectivity index (χ0v) is 20.4. The molecule has 4 rings (SSSR count). The topological polar surface area (TPSA) is 82.5 Å². The lowest BCUT2D eigenvalue weighted by Crippen LogP contribution is -2.55. The first-order valence-corrected chi connectivity index (χ1v) is 12.2. The van der Waals surface area contributed by atoms with Gasteiger partial charge in [0.25, 0.3) is 0 Å². The van der Waals surface area contributed by atoms with Gasteiger partial charge in [-0.3, -0.25) is 9.69 Å². The Morgan fingerprint density at radius 2 is 1.91 bits per heavy atom. The zero-order valence-electron chi connectivity index (χ0n) is 19.7. The van der Waals surface area contributed by atoms with Gasteiger partial charge in [-0.15, -0.1) is 0 Å². The maximum absolute atomic E-state index is 12.1. The van der Waals surface area contributed by atoms with Crippen LogP contribution in [-0.4, -0.2) is 84.1 Å². The fourth-order valence-corrected chi connectivity index (χ4v) is 4.74. The number of aliphatic hydroxyl groups excluding tert-OH is 2. The number of nitrogens with zero attached hydrogens (tertiary/aromatic N) is 2. The van der Waals surface area contributed by atoms with Crippen LogP contribution in [0.15, 0.2) is 42.5 Å². The number of rotatable bonds is 7. The molecule has 2 aliphatic heterocycles. The number of carbonyl (C=O) groups excluding carboxylic acids is 1. The van der Waals surface area contributed by atoms with Gasteiger partial charge in [-0.2, -0.15) is 0 Å². The van der Waals surface area contributed by atoms with Crippen molar-refractivity contribution in [3.8, 4) is 5.75 Å². The molecule has 0 aliphatic carbocycles. The zero-order chi connectivity index (χ0) is 24.2. The molecule has 2 aromatic carbocycles. The second-order valence-corrected chi connectivity index (χ2v) is 9.52. The molecule has 0 unspecified atom stereocenters. The van der Waals surface area contributed by atoms with Gasteiger partial charge in [0.05, 0.1) is 31.5 Å². The molecule has 184 valence electrons. The van der Waals surface area contributed by atoms with E-state index in [0.29, 0.717) is 44.1 Å². The van der Waals surface area contributed by atoms with Gasteiger partial charge >= 0.3 is 0 Å². The molecule has 0 saturated carbocycles. The molecule has 1 amide bonds. The Morgan fingerprint density at radius 1 is 1.15 bits per heavy atom. The maximum Gasteiger partial charge on any atom is 0.236 e. The van der Waals surface area contributed by atoms with E-state index >= 15 is 0 Å². The third-order valence-electron chi connectivity index (χ3n) is 6.61. The molecule has 0 spiro atoms. The number of halogens is 1. The van der Waals surface area contributed by atoms with E-state index in [2.05, 4.69) is 0 Å². The number of ether oxygens (including phenoxy) is 2. The van der Waals surface area contributed by atoms with E-state index in [1.807, 2.05) is 54.3 Å². The van der Waals surface area contributed by atoms with Crippen molar-refractivity contribution in [3.63, 3.8) is 0 Å². The Bertz CT molecular complexity index is 986. The van der Waals surface area contributed by atoms with Crippen molar-refractivity contribution in [2.75, 3.05) is 39.8 Å². The van der Waals surface area contributed by atoms with Gasteiger partial charge in [0.1, 0.15) is 11.9 Å². The smallest absolute Gasteiger partial charge is 0.236 e. The summed E-state index contributed by atoms with van der Waals surface area (Å²) in [5.74, 6) is 0.882. The largest absolute Gasteiger partial charge is 0.494 e. The quantitative estimate of drug-likeness (QED) is 0.623. The van der Waals surface area contributed by atoms with Gasteiger partial charge in [-0.1, -0.05) is 35.9 Å². The molecule has 2 saturated heterocycles. The molecular weight excluding hydrogens is 456 g/mol. The molecule has 0 bridgehead atoms. The number of aliphatic hydroxyl groups is 2. The molecule has 2 aliphatic rings. The second-order valence-electron chi connectivity index (χ2n) is 9.11. The highest BCUT2D eigenvalue weighted by molar-refractivity contribution is 6.31. The van der Waals surface area contributed by atoms with Gasteiger partial charge in [-0.05, 0) is 48.2 Å². The average Bonchev–Trinajstić information content (AvgIpc) is 2.82. The molecule has 2 heterocycles. The number of benzene rings is 2. The van der Waals surface area contributed by atoms with Crippen LogP contribution in [0.3, 0.4) is 0 Å². The first kappa shape index (κ1) is 24.9. The highest BCUT2D eigenvalue weighted by Gasteiger charge is 2.39. The van der Waals surface area contributed by atoms with Crippen LogP contribution in [-0.2, 0) is 16.0 Å². The molecule has 7 nitrogen and oxygen atoms in total. The summed E-state index contributed by atoms with van der Waals surface area (Å²) in [5.41, 5.74) is 2.99. The maximum atomic E-state index is 12.1. The molecule has 2 fully saturated rings. The van der Waals surface area contributed by atoms with Crippen molar-refractivity contribution in [1.29, 1.82) is 0 Å². The number of amides is 1. The van der Waals surface area contributed by atoms with E-state index in [1.54, 1.807) is 11.9 Å². The lowest BCUT2D eigenvalue weighted by atomic mass is 9.92. The number of piperazine rings is 1. The second kappa shape index (κ2) is 11.1. The summed E-state index contributed by atoms with van der Waals surface area (Å²) in [6.45, 7) is 4.61.